The topological polar surface area (TPSA) is 54.2 Å². The molecule has 158 valence electrons. The van der Waals surface area contributed by atoms with E-state index in [1.165, 1.54) is 28.0 Å². The van der Waals surface area contributed by atoms with E-state index in [0.29, 0.717) is 12.3 Å². The van der Waals surface area contributed by atoms with Crippen LogP contribution in [0.4, 0.5) is 0 Å². The number of rotatable bonds is 8. The molecule has 1 aliphatic rings. The molecule has 0 bridgehead atoms. The third-order valence-electron chi connectivity index (χ3n) is 5.53. The molecule has 2 heterocycles. The lowest BCUT2D eigenvalue weighted by Crippen LogP contribution is -2.22. The van der Waals surface area contributed by atoms with Gasteiger partial charge in [0.15, 0.2) is 0 Å². The van der Waals surface area contributed by atoms with Gasteiger partial charge in [-0.25, -0.2) is 9.97 Å². The molecule has 3 aromatic rings. The van der Waals surface area contributed by atoms with Gasteiger partial charge in [-0.05, 0) is 61.1 Å². The van der Waals surface area contributed by atoms with Crippen LogP contribution in [0.3, 0.4) is 0 Å². The van der Waals surface area contributed by atoms with E-state index in [2.05, 4.69) is 71.5 Å². The second kappa shape index (κ2) is 8.26. The third-order valence-corrected chi connectivity index (χ3v) is 5.53. The second-order valence-corrected chi connectivity index (χ2v) is 8.30. The summed E-state index contributed by atoms with van der Waals surface area (Å²) in [6, 6.07) is 10.6. The largest absolute Gasteiger partial charge is 0.381 e. The number of benzene rings is 1. The number of aromatic nitrogens is 3. The number of nitrogens with one attached hydrogen (secondary N) is 2. The summed E-state index contributed by atoms with van der Waals surface area (Å²) in [4.78, 5) is 9.18. The maximum Gasteiger partial charge on any atom is 0.235 e. The van der Waals surface area contributed by atoms with Crippen molar-refractivity contribution in [2.45, 2.75) is 40.3 Å². The van der Waals surface area contributed by atoms with E-state index in [9.17, 15) is 0 Å². The lowest BCUT2D eigenvalue weighted by molar-refractivity contribution is 0.753. The summed E-state index contributed by atoms with van der Waals surface area (Å²) in [5.41, 5.74) is 10.6. The van der Waals surface area contributed by atoms with Crippen LogP contribution in [0.1, 0.15) is 48.5 Å². The first-order valence-corrected chi connectivity index (χ1v) is 10.5. The molecule has 1 aromatic carbocycles. The van der Waals surface area contributed by atoms with Crippen molar-refractivity contribution in [1.29, 1.82) is 0 Å². The van der Waals surface area contributed by atoms with Crippen LogP contribution in [-0.4, -0.2) is 14.4 Å². The van der Waals surface area contributed by atoms with Crippen molar-refractivity contribution in [2.75, 3.05) is 0 Å². The van der Waals surface area contributed by atoms with Gasteiger partial charge in [0.1, 0.15) is 0 Å². The SMILES string of the molecule is C=C1CC(C)=C1NCc1cccc(CNC(=C)c2cc(C(=C)C)n3cc(C)nc3n2)c1. The van der Waals surface area contributed by atoms with Crippen molar-refractivity contribution < 1.29 is 0 Å². The number of fused-ring (bicyclic) bond motifs is 1. The van der Waals surface area contributed by atoms with E-state index >= 15 is 0 Å². The van der Waals surface area contributed by atoms with Crippen LogP contribution >= 0.6 is 0 Å². The van der Waals surface area contributed by atoms with Crippen LogP contribution in [0.2, 0.25) is 0 Å². The first-order chi connectivity index (χ1) is 14.8. The van der Waals surface area contributed by atoms with E-state index < -0.39 is 0 Å². The van der Waals surface area contributed by atoms with Crippen molar-refractivity contribution in [3.8, 4) is 0 Å². The van der Waals surface area contributed by atoms with E-state index in [4.69, 9.17) is 0 Å². The first-order valence-electron chi connectivity index (χ1n) is 10.5. The van der Waals surface area contributed by atoms with Gasteiger partial charge in [-0.15, -0.1) is 0 Å². The summed E-state index contributed by atoms with van der Waals surface area (Å²) >= 11 is 0. The normalized spacial score (nSPS) is 13.3. The summed E-state index contributed by atoms with van der Waals surface area (Å²) in [5.74, 6) is 0.659. The zero-order chi connectivity index (χ0) is 22.1. The highest BCUT2D eigenvalue weighted by Crippen LogP contribution is 2.30. The Morgan fingerprint density at radius 3 is 2.52 bits per heavy atom. The molecule has 0 atom stereocenters. The Kier molecular flexibility index (Phi) is 5.51. The lowest BCUT2D eigenvalue weighted by atomic mass is 9.90. The van der Waals surface area contributed by atoms with Gasteiger partial charge < -0.3 is 10.6 Å². The number of hydrogen-bond acceptors (Lipinski definition) is 4. The smallest absolute Gasteiger partial charge is 0.235 e. The van der Waals surface area contributed by atoms with Crippen molar-refractivity contribution in [1.82, 2.24) is 25.0 Å². The summed E-state index contributed by atoms with van der Waals surface area (Å²) < 4.78 is 1.97. The van der Waals surface area contributed by atoms with Gasteiger partial charge in [-0.1, -0.05) is 44.0 Å². The van der Waals surface area contributed by atoms with E-state index in [1.807, 2.05) is 30.5 Å². The molecule has 5 heteroatoms. The fraction of sp³-hybridized carbons (Fsp3) is 0.231. The summed E-state index contributed by atoms with van der Waals surface area (Å²) in [7, 11) is 0. The zero-order valence-corrected chi connectivity index (χ0v) is 18.5. The zero-order valence-electron chi connectivity index (χ0n) is 18.5. The van der Waals surface area contributed by atoms with Gasteiger partial charge in [-0.2, -0.15) is 0 Å². The summed E-state index contributed by atoms with van der Waals surface area (Å²) in [6.07, 6.45) is 2.99. The quantitative estimate of drug-likeness (QED) is 0.538. The number of hydrogen-bond donors (Lipinski definition) is 2. The number of aryl methyl sites for hydroxylation is 1. The van der Waals surface area contributed by atoms with Crippen LogP contribution in [0.25, 0.3) is 17.0 Å². The fourth-order valence-corrected chi connectivity index (χ4v) is 3.87. The Labute approximate surface area is 183 Å². The minimum absolute atomic E-state index is 0.659. The maximum atomic E-state index is 4.67. The minimum Gasteiger partial charge on any atom is -0.381 e. The Bertz CT molecular complexity index is 1240. The highest BCUT2D eigenvalue weighted by molar-refractivity contribution is 5.67. The van der Waals surface area contributed by atoms with Crippen molar-refractivity contribution in [3.63, 3.8) is 0 Å². The van der Waals surface area contributed by atoms with E-state index in [1.54, 1.807) is 0 Å². The molecule has 0 spiro atoms. The molecule has 31 heavy (non-hydrogen) atoms. The molecule has 0 unspecified atom stereocenters. The first kappa shape index (κ1) is 20.7. The van der Waals surface area contributed by atoms with Gasteiger partial charge >= 0.3 is 0 Å². The maximum absolute atomic E-state index is 4.67. The van der Waals surface area contributed by atoms with Gasteiger partial charge in [0.2, 0.25) is 5.78 Å². The van der Waals surface area contributed by atoms with Crippen LogP contribution in [-0.2, 0) is 13.1 Å². The molecule has 0 saturated heterocycles. The standard InChI is InChI=1S/C26H29N5/c1-16(2)24-12-23(30-26-29-19(5)15-31(24)26)20(6)27-13-21-8-7-9-22(11-21)14-28-25-17(3)10-18(25)4/h7-9,11-12,15,27-28H,1,3,6,10,13-14H2,2,4-5H3. The molecular formula is C26H29N5. The summed E-state index contributed by atoms with van der Waals surface area (Å²) in [6.45, 7) is 19.9. The minimum atomic E-state index is 0.659. The fourth-order valence-electron chi connectivity index (χ4n) is 3.87. The van der Waals surface area contributed by atoms with E-state index in [-0.39, 0.29) is 0 Å². The molecule has 2 aromatic heterocycles. The predicted molar refractivity (Wildman–Crippen MR) is 128 cm³/mol. The highest BCUT2D eigenvalue weighted by atomic mass is 15.1. The molecule has 0 fully saturated rings. The van der Waals surface area contributed by atoms with Gasteiger partial charge in [0.25, 0.3) is 0 Å². The van der Waals surface area contributed by atoms with Crippen molar-refractivity contribution in [3.05, 3.63) is 101 Å². The number of nitrogens with zero attached hydrogens (tertiary/aromatic N) is 3. The molecular weight excluding hydrogens is 382 g/mol. The molecule has 0 radical (unpaired) electrons. The molecule has 4 rings (SSSR count). The molecule has 1 aliphatic carbocycles. The Morgan fingerprint density at radius 1 is 1.10 bits per heavy atom. The monoisotopic (exact) mass is 411 g/mol. The van der Waals surface area contributed by atoms with E-state index in [0.717, 1.165) is 41.3 Å². The second-order valence-electron chi connectivity index (χ2n) is 8.30. The average Bonchev–Trinajstić information content (AvgIpc) is 3.11. The van der Waals surface area contributed by atoms with Crippen LogP contribution in [0.15, 0.2) is 73.1 Å². The van der Waals surface area contributed by atoms with Crippen LogP contribution in [0, 0.1) is 6.92 Å². The summed E-state index contributed by atoms with van der Waals surface area (Å²) in [5, 5.41) is 6.92. The lowest BCUT2D eigenvalue weighted by Gasteiger charge is -2.25. The average molecular weight is 412 g/mol. The Morgan fingerprint density at radius 2 is 1.84 bits per heavy atom. The van der Waals surface area contributed by atoms with Crippen molar-refractivity contribution >= 4 is 17.0 Å². The van der Waals surface area contributed by atoms with Crippen LogP contribution in [0.5, 0.6) is 0 Å². The molecule has 0 amide bonds. The predicted octanol–water partition coefficient (Wildman–Crippen LogP) is 5.15. The Hall–Kier alpha value is -3.60. The van der Waals surface area contributed by atoms with Gasteiger partial charge in [0.05, 0.1) is 22.8 Å². The van der Waals surface area contributed by atoms with Gasteiger partial charge in [-0.3, -0.25) is 4.40 Å². The molecule has 2 N–H and O–H groups in total. The molecule has 0 aliphatic heterocycles. The Balaban J connectivity index is 1.45. The number of allylic oxidation sites excluding steroid dienone is 3. The van der Waals surface area contributed by atoms with Gasteiger partial charge in [0, 0.05) is 25.0 Å². The third kappa shape index (κ3) is 4.31. The number of imidazole rings is 1. The highest BCUT2D eigenvalue weighted by Gasteiger charge is 2.17. The van der Waals surface area contributed by atoms with Crippen LogP contribution < -0.4 is 10.6 Å². The molecule has 0 saturated carbocycles. The molecule has 5 nitrogen and oxygen atoms in total. The van der Waals surface area contributed by atoms with Crippen molar-refractivity contribution in [2.24, 2.45) is 0 Å².